The molecule has 4 heteroatoms. The number of aromatic nitrogens is 2. The summed E-state index contributed by atoms with van der Waals surface area (Å²) >= 11 is 0. The second kappa shape index (κ2) is 4.96. The highest BCUT2D eigenvalue weighted by atomic mass is 16.2. The summed E-state index contributed by atoms with van der Waals surface area (Å²) in [6.45, 7) is 8.35. The van der Waals surface area contributed by atoms with Crippen molar-refractivity contribution in [2.75, 3.05) is 0 Å². The average Bonchev–Trinajstić information content (AvgIpc) is 2.50. The molecule has 0 aliphatic heterocycles. The SMILES string of the molecule is CC(C)NC(=O)Cn1ccc(C(C)C)n1. The van der Waals surface area contributed by atoms with Crippen LogP contribution >= 0.6 is 0 Å². The number of nitrogens with zero attached hydrogens (tertiary/aromatic N) is 2. The van der Waals surface area contributed by atoms with E-state index in [0.717, 1.165) is 5.69 Å². The second-order valence-electron chi connectivity index (χ2n) is 4.32. The first-order valence-electron chi connectivity index (χ1n) is 5.31. The Hall–Kier alpha value is -1.32. The molecule has 4 nitrogen and oxygen atoms in total. The molecule has 0 bridgehead atoms. The molecule has 1 aromatic rings. The smallest absolute Gasteiger partial charge is 0.241 e. The summed E-state index contributed by atoms with van der Waals surface area (Å²) in [7, 11) is 0. The van der Waals surface area contributed by atoms with Crippen LogP contribution in [0, 0.1) is 0 Å². The summed E-state index contributed by atoms with van der Waals surface area (Å²) in [5.41, 5.74) is 1.02. The molecular weight excluding hydrogens is 190 g/mol. The molecule has 0 aliphatic rings. The van der Waals surface area contributed by atoms with Crippen LogP contribution in [-0.4, -0.2) is 21.7 Å². The van der Waals surface area contributed by atoms with Gasteiger partial charge in [-0.05, 0) is 25.8 Å². The number of hydrogen-bond acceptors (Lipinski definition) is 2. The van der Waals surface area contributed by atoms with Crippen LogP contribution in [0.5, 0.6) is 0 Å². The van der Waals surface area contributed by atoms with Crippen molar-refractivity contribution in [3.63, 3.8) is 0 Å². The lowest BCUT2D eigenvalue weighted by atomic mass is 10.1. The molecule has 0 unspecified atom stereocenters. The first-order valence-corrected chi connectivity index (χ1v) is 5.31. The van der Waals surface area contributed by atoms with Crippen LogP contribution in [0.1, 0.15) is 39.3 Å². The van der Waals surface area contributed by atoms with Crippen LogP contribution in [0.15, 0.2) is 12.3 Å². The standard InChI is InChI=1S/C11H19N3O/c1-8(2)10-5-6-14(13-10)7-11(15)12-9(3)4/h5-6,8-9H,7H2,1-4H3,(H,12,15). The van der Waals surface area contributed by atoms with Crippen LogP contribution in [0.4, 0.5) is 0 Å². The monoisotopic (exact) mass is 209 g/mol. The van der Waals surface area contributed by atoms with E-state index in [2.05, 4.69) is 24.3 Å². The predicted octanol–water partition coefficient (Wildman–Crippen LogP) is 1.53. The fraction of sp³-hybridized carbons (Fsp3) is 0.636. The molecular formula is C11H19N3O. The van der Waals surface area contributed by atoms with E-state index in [1.807, 2.05) is 26.1 Å². The van der Waals surface area contributed by atoms with Crippen LogP contribution < -0.4 is 5.32 Å². The van der Waals surface area contributed by atoms with E-state index in [0.29, 0.717) is 12.5 Å². The van der Waals surface area contributed by atoms with Crippen molar-refractivity contribution < 1.29 is 4.79 Å². The van der Waals surface area contributed by atoms with Gasteiger partial charge in [-0.15, -0.1) is 0 Å². The first kappa shape index (κ1) is 11.8. The second-order valence-corrected chi connectivity index (χ2v) is 4.32. The normalized spacial score (nSPS) is 11.1. The average molecular weight is 209 g/mol. The molecule has 1 amide bonds. The van der Waals surface area contributed by atoms with Crippen molar-refractivity contribution in [3.05, 3.63) is 18.0 Å². The van der Waals surface area contributed by atoms with Gasteiger partial charge in [0.05, 0.1) is 5.69 Å². The molecule has 0 radical (unpaired) electrons. The quantitative estimate of drug-likeness (QED) is 0.817. The summed E-state index contributed by atoms with van der Waals surface area (Å²) in [5, 5.41) is 7.14. The van der Waals surface area contributed by atoms with Gasteiger partial charge in [-0.3, -0.25) is 9.48 Å². The van der Waals surface area contributed by atoms with Crippen molar-refractivity contribution in [2.45, 2.75) is 46.2 Å². The van der Waals surface area contributed by atoms with Crippen molar-refractivity contribution in [1.82, 2.24) is 15.1 Å². The summed E-state index contributed by atoms with van der Waals surface area (Å²) in [5.74, 6) is 0.405. The van der Waals surface area contributed by atoms with Crippen LogP contribution in [-0.2, 0) is 11.3 Å². The Bertz CT molecular complexity index is 328. The van der Waals surface area contributed by atoms with Gasteiger partial charge in [0.2, 0.25) is 5.91 Å². The van der Waals surface area contributed by atoms with E-state index in [4.69, 9.17) is 0 Å². The maximum Gasteiger partial charge on any atom is 0.241 e. The van der Waals surface area contributed by atoms with Crippen molar-refractivity contribution in [3.8, 4) is 0 Å². The van der Waals surface area contributed by atoms with Crippen molar-refractivity contribution in [1.29, 1.82) is 0 Å². The highest BCUT2D eigenvalue weighted by molar-refractivity contribution is 5.75. The number of rotatable bonds is 4. The zero-order valence-corrected chi connectivity index (χ0v) is 9.82. The van der Waals surface area contributed by atoms with Gasteiger partial charge in [-0.1, -0.05) is 13.8 Å². The van der Waals surface area contributed by atoms with Crippen molar-refractivity contribution in [2.24, 2.45) is 0 Å². The van der Waals surface area contributed by atoms with Gasteiger partial charge in [0.1, 0.15) is 6.54 Å². The summed E-state index contributed by atoms with van der Waals surface area (Å²) in [6, 6.07) is 2.13. The molecule has 0 aliphatic carbocycles. The predicted molar refractivity (Wildman–Crippen MR) is 59.6 cm³/mol. The van der Waals surface area contributed by atoms with E-state index in [9.17, 15) is 4.79 Å². The highest BCUT2D eigenvalue weighted by Crippen LogP contribution is 2.09. The van der Waals surface area contributed by atoms with Crippen LogP contribution in [0.25, 0.3) is 0 Å². The molecule has 0 aromatic carbocycles. The fourth-order valence-corrected chi connectivity index (χ4v) is 1.29. The topological polar surface area (TPSA) is 46.9 Å². The third-order valence-electron chi connectivity index (χ3n) is 2.01. The van der Waals surface area contributed by atoms with E-state index >= 15 is 0 Å². The minimum atomic E-state index is 0.00315. The van der Waals surface area contributed by atoms with E-state index < -0.39 is 0 Å². The molecule has 1 aromatic heterocycles. The molecule has 0 atom stereocenters. The Morgan fingerprint density at radius 2 is 2.13 bits per heavy atom. The largest absolute Gasteiger partial charge is 0.352 e. The number of carbonyl (C=O) groups is 1. The maximum atomic E-state index is 11.4. The van der Waals surface area contributed by atoms with Gasteiger partial charge in [0, 0.05) is 12.2 Å². The minimum absolute atomic E-state index is 0.00315. The zero-order chi connectivity index (χ0) is 11.4. The number of carbonyl (C=O) groups excluding carboxylic acids is 1. The van der Waals surface area contributed by atoms with Gasteiger partial charge in [0.15, 0.2) is 0 Å². The molecule has 0 fully saturated rings. The van der Waals surface area contributed by atoms with E-state index in [1.165, 1.54) is 0 Å². The summed E-state index contributed by atoms with van der Waals surface area (Å²) < 4.78 is 1.67. The lowest BCUT2D eigenvalue weighted by Crippen LogP contribution is -2.33. The minimum Gasteiger partial charge on any atom is -0.352 e. The van der Waals surface area contributed by atoms with Gasteiger partial charge in [0.25, 0.3) is 0 Å². The number of amides is 1. The molecule has 1 heterocycles. The Morgan fingerprint density at radius 3 is 2.60 bits per heavy atom. The Labute approximate surface area is 90.7 Å². The fourth-order valence-electron chi connectivity index (χ4n) is 1.29. The third kappa shape index (κ3) is 3.73. The lowest BCUT2D eigenvalue weighted by Gasteiger charge is -2.08. The molecule has 0 saturated heterocycles. The van der Waals surface area contributed by atoms with Crippen LogP contribution in [0.3, 0.4) is 0 Å². The lowest BCUT2D eigenvalue weighted by molar-refractivity contribution is -0.122. The Balaban J connectivity index is 2.53. The molecule has 0 saturated carbocycles. The third-order valence-corrected chi connectivity index (χ3v) is 2.01. The highest BCUT2D eigenvalue weighted by Gasteiger charge is 2.07. The first-order chi connectivity index (χ1) is 6.99. The van der Waals surface area contributed by atoms with Gasteiger partial charge in [-0.2, -0.15) is 5.10 Å². The van der Waals surface area contributed by atoms with Gasteiger partial charge >= 0.3 is 0 Å². The van der Waals surface area contributed by atoms with Crippen molar-refractivity contribution >= 4 is 5.91 Å². The molecule has 1 N–H and O–H groups in total. The molecule has 1 rings (SSSR count). The molecule has 15 heavy (non-hydrogen) atoms. The van der Waals surface area contributed by atoms with E-state index in [-0.39, 0.29) is 11.9 Å². The molecule has 84 valence electrons. The number of nitrogens with one attached hydrogen (secondary N) is 1. The van der Waals surface area contributed by atoms with Gasteiger partial charge in [-0.25, -0.2) is 0 Å². The Morgan fingerprint density at radius 1 is 1.47 bits per heavy atom. The Kier molecular flexibility index (Phi) is 3.88. The van der Waals surface area contributed by atoms with E-state index in [1.54, 1.807) is 4.68 Å². The summed E-state index contributed by atoms with van der Waals surface area (Å²) in [4.78, 5) is 11.4. The number of hydrogen-bond donors (Lipinski definition) is 1. The van der Waals surface area contributed by atoms with Crippen LogP contribution in [0.2, 0.25) is 0 Å². The van der Waals surface area contributed by atoms with Gasteiger partial charge < -0.3 is 5.32 Å². The molecule has 0 spiro atoms. The maximum absolute atomic E-state index is 11.4. The summed E-state index contributed by atoms with van der Waals surface area (Å²) in [6.07, 6.45) is 1.84. The zero-order valence-electron chi connectivity index (χ0n) is 9.82.